The van der Waals surface area contributed by atoms with Gasteiger partial charge in [0.15, 0.2) is 11.6 Å². The molecule has 1 amide bonds. The van der Waals surface area contributed by atoms with E-state index in [9.17, 15) is 18.4 Å². The minimum Gasteiger partial charge on any atom is -0.333 e. The Morgan fingerprint density at radius 2 is 1.76 bits per heavy atom. The van der Waals surface area contributed by atoms with E-state index < -0.39 is 23.1 Å². The number of carbonyl (C=O) groups is 1. The summed E-state index contributed by atoms with van der Waals surface area (Å²) in [5, 5.41) is 6.44. The zero-order chi connectivity index (χ0) is 23.7. The number of hydrogen-bond donors (Lipinski definition) is 1. The van der Waals surface area contributed by atoms with Crippen LogP contribution < -0.4 is 10.9 Å². The second kappa shape index (κ2) is 8.78. The molecule has 0 bridgehead atoms. The quantitative estimate of drug-likeness (QED) is 0.487. The molecule has 2 aromatic heterocycles. The smallest absolute Gasteiger partial charge is 0.264 e. The molecule has 1 N–H and O–H groups in total. The third-order valence-corrected chi connectivity index (χ3v) is 5.16. The van der Waals surface area contributed by atoms with E-state index in [1.807, 2.05) is 31.2 Å². The van der Waals surface area contributed by atoms with Crippen molar-refractivity contribution in [1.29, 1.82) is 0 Å². The maximum Gasteiger partial charge on any atom is 0.264 e. The molecular weight excluding hydrogens is 430 g/mol. The number of hydrogen-bond acceptors (Lipinski definition) is 5. The Labute approximate surface area is 187 Å². The Balaban J connectivity index is 1.64. The Morgan fingerprint density at radius 1 is 1.03 bits per heavy atom. The van der Waals surface area contributed by atoms with Crippen molar-refractivity contribution in [1.82, 2.24) is 14.7 Å². The molecule has 0 saturated heterocycles. The standard InChI is InChI=1S/C24H20F2N4O3/c1-13-4-6-16(7-5-13)22-28-23(33-29-22)21-14(2)10-15(3)30(24(21)32)12-20(31)27-17-8-9-18(25)19(26)11-17/h4-11H,12H2,1-3H3,(H,27,31). The van der Waals surface area contributed by atoms with Crippen LogP contribution in [0.4, 0.5) is 14.5 Å². The maximum absolute atomic E-state index is 13.4. The minimum atomic E-state index is -1.08. The lowest BCUT2D eigenvalue weighted by Crippen LogP contribution is -2.30. The van der Waals surface area contributed by atoms with Gasteiger partial charge in [-0.1, -0.05) is 35.0 Å². The number of aromatic nitrogens is 3. The Bertz CT molecular complexity index is 1410. The van der Waals surface area contributed by atoms with E-state index in [4.69, 9.17) is 4.52 Å². The maximum atomic E-state index is 13.4. The van der Waals surface area contributed by atoms with Gasteiger partial charge in [-0.2, -0.15) is 4.98 Å². The summed E-state index contributed by atoms with van der Waals surface area (Å²) in [6, 6.07) is 12.3. The fourth-order valence-electron chi connectivity index (χ4n) is 3.45. The summed E-state index contributed by atoms with van der Waals surface area (Å²) in [4.78, 5) is 30.1. The molecule has 7 nitrogen and oxygen atoms in total. The number of amides is 1. The van der Waals surface area contributed by atoms with Gasteiger partial charge in [-0.25, -0.2) is 8.78 Å². The Hall–Kier alpha value is -4.14. The molecule has 0 aliphatic carbocycles. The predicted molar refractivity (Wildman–Crippen MR) is 119 cm³/mol. The van der Waals surface area contributed by atoms with Gasteiger partial charge >= 0.3 is 0 Å². The number of nitrogens with zero attached hydrogens (tertiary/aromatic N) is 3. The number of benzene rings is 2. The third-order valence-electron chi connectivity index (χ3n) is 5.16. The summed E-state index contributed by atoms with van der Waals surface area (Å²) in [6.07, 6.45) is 0. The number of anilines is 1. The molecule has 0 aliphatic rings. The van der Waals surface area contributed by atoms with Crippen LogP contribution in [0.1, 0.15) is 16.8 Å². The molecule has 0 fully saturated rings. The van der Waals surface area contributed by atoms with E-state index >= 15 is 0 Å². The molecular formula is C24H20F2N4O3. The molecule has 0 aliphatic heterocycles. The average Bonchev–Trinajstić information content (AvgIpc) is 3.24. The van der Waals surface area contributed by atoms with E-state index in [0.717, 1.165) is 23.3 Å². The van der Waals surface area contributed by atoms with Crippen molar-refractivity contribution in [3.8, 4) is 22.8 Å². The van der Waals surface area contributed by atoms with E-state index in [0.29, 0.717) is 17.1 Å². The minimum absolute atomic E-state index is 0.0443. The van der Waals surface area contributed by atoms with Gasteiger partial charge in [0.25, 0.3) is 11.4 Å². The van der Waals surface area contributed by atoms with Crippen molar-refractivity contribution in [2.45, 2.75) is 27.3 Å². The van der Waals surface area contributed by atoms with Crippen LogP contribution in [0.5, 0.6) is 0 Å². The number of rotatable bonds is 5. The zero-order valence-electron chi connectivity index (χ0n) is 18.1. The molecule has 33 heavy (non-hydrogen) atoms. The molecule has 2 heterocycles. The normalized spacial score (nSPS) is 10.9. The van der Waals surface area contributed by atoms with Crippen LogP contribution in [0.2, 0.25) is 0 Å². The van der Waals surface area contributed by atoms with E-state index in [-0.39, 0.29) is 23.7 Å². The van der Waals surface area contributed by atoms with Crippen molar-refractivity contribution >= 4 is 11.6 Å². The summed E-state index contributed by atoms with van der Waals surface area (Å²) >= 11 is 0. The monoisotopic (exact) mass is 450 g/mol. The largest absolute Gasteiger partial charge is 0.333 e. The summed E-state index contributed by atoms with van der Waals surface area (Å²) in [5.74, 6) is -2.30. The topological polar surface area (TPSA) is 90.0 Å². The van der Waals surface area contributed by atoms with Gasteiger partial charge in [0, 0.05) is 23.0 Å². The molecule has 2 aromatic carbocycles. The molecule has 0 atom stereocenters. The van der Waals surface area contributed by atoms with Crippen LogP contribution in [0.15, 0.2) is 57.8 Å². The average molecular weight is 450 g/mol. The second-order valence-corrected chi connectivity index (χ2v) is 7.70. The van der Waals surface area contributed by atoms with E-state index in [1.165, 1.54) is 10.6 Å². The summed E-state index contributed by atoms with van der Waals surface area (Å²) in [7, 11) is 0. The van der Waals surface area contributed by atoms with Crippen LogP contribution >= 0.6 is 0 Å². The van der Waals surface area contributed by atoms with Crippen molar-refractivity contribution < 1.29 is 18.1 Å². The molecule has 9 heteroatoms. The molecule has 0 radical (unpaired) electrons. The van der Waals surface area contributed by atoms with E-state index in [1.54, 1.807) is 19.9 Å². The summed E-state index contributed by atoms with van der Waals surface area (Å²) < 4.78 is 33.1. The number of aryl methyl sites for hydroxylation is 3. The van der Waals surface area contributed by atoms with Crippen LogP contribution in [-0.4, -0.2) is 20.6 Å². The molecule has 0 spiro atoms. The first-order valence-electron chi connectivity index (χ1n) is 10.1. The first-order chi connectivity index (χ1) is 15.7. The lowest BCUT2D eigenvalue weighted by molar-refractivity contribution is -0.116. The van der Waals surface area contributed by atoms with Crippen molar-refractivity contribution in [3.05, 3.63) is 87.3 Å². The second-order valence-electron chi connectivity index (χ2n) is 7.70. The van der Waals surface area contributed by atoms with Gasteiger partial charge in [-0.05, 0) is 44.5 Å². The van der Waals surface area contributed by atoms with Gasteiger partial charge in [-0.3, -0.25) is 9.59 Å². The van der Waals surface area contributed by atoms with Gasteiger partial charge in [-0.15, -0.1) is 0 Å². The molecule has 0 saturated carbocycles. The fourth-order valence-corrected chi connectivity index (χ4v) is 3.45. The fraction of sp³-hybridized carbons (Fsp3) is 0.167. The lowest BCUT2D eigenvalue weighted by Gasteiger charge is -2.13. The van der Waals surface area contributed by atoms with Crippen LogP contribution in [0.25, 0.3) is 22.8 Å². The van der Waals surface area contributed by atoms with E-state index in [2.05, 4.69) is 15.5 Å². The van der Waals surface area contributed by atoms with Crippen molar-refractivity contribution in [2.24, 2.45) is 0 Å². The first kappa shape index (κ1) is 22.1. The third kappa shape index (κ3) is 4.57. The van der Waals surface area contributed by atoms with Crippen LogP contribution in [0.3, 0.4) is 0 Å². The molecule has 168 valence electrons. The van der Waals surface area contributed by atoms with Gasteiger partial charge in [0.05, 0.1) is 0 Å². The number of pyridine rings is 1. The van der Waals surface area contributed by atoms with Gasteiger partial charge in [0.1, 0.15) is 12.1 Å². The first-order valence-corrected chi connectivity index (χ1v) is 10.1. The highest BCUT2D eigenvalue weighted by Crippen LogP contribution is 2.23. The molecule has 4 aromatic rings. The van der Waals surface area contributed by atoms with Crippen LogP contribution in [0, 0.1) is 32.4 Å². The highest BCUT2D eigenvalue weighted by molar-refractivity contribution is 5.90. The number of nitrogens with one attached hydrogen (secondary N) is 1. The highest BCUT2D eigenvalue weighted by Gasteiger charge is 2.20. The SMILES string of the molecule is Cc1ccc(-c2noc(-c3c(C)cc(C)n(CC(=O)Nc4ccc(F)c(F)c4)c3=O)n2)cc1. The summed E-state index contributed by atoms with van der Waals surface area (Å²) in [6.45, 7) is 5.06. The number of halogens is 2. The predicted octanol–water partition coefficient (Wildman–Crippen LogP) is 4.41. The molecule has 4 rings (SSSR count). The zero-order valence-corrected chi connectivity index (χ0v) is 18.1. The van der Waals surface area contributed by atoms with Crippen molar-refractivity contribution in [3.63, 3.8) is 0 Å². The van der Waals surface area contributed by atoms with Crippen molar-refractivity contribution in [2.75, 3.05) is 5.32 Å². The summed E-state index contributed by atoms with van der Waals surface area (Å²) in [5.41, 5.74) is 2.78. The van der Waals surface area contributed by atoms with Gasteiger partial charge < -0.3 is 14.4 Å². The molecule has 0 unspecified atom stereocenters. The lowest BCUT2D eigenvalue weighted by atomic mass is 10.1. The Kier molecular flexibility index (Phi) is 5.87. The van der Waals surface area contributed by atoms with Gasteiger partial charge in [0.2, 0.25) is 11.7 Å². The highest BCUT2D eigenvalue weighted by atomic mass is 19.2. The Morgan fingerprint density at radius 3 is 2.45 bits per heavy atom. The number of carbonyl (C=O) groups excluding carboxylic acids is 1. The van der Waals surface area contributed by atoms with Crippen LogP contribution in [-0.2, 0) is 11.3 Å².